The molecule has 1 aromatic carbocycles. The van der Waals surface area contributed by atoms with Gasteiger partial charge in [0, 0.05) is 11.1 Å². The fraction of sp³-hybridized carbons (Fsp3) is 0.0833. The van der Waals surface area contributed by atoms with E-state index in [1.165, 1.54) is 0 Å². The Morgan fingerprint density at radius 3 is 2.75 bits per heavy atom. The second-order valence-electron chi connectivity index (χ2n) is 3.22. The van der Waals surface area contributed by atoms with E-state index in [1.54, 1.807) is 42.9 Å². The molecule has 1 amide bonds. The van der Waals surface area contributed by atoms with Crippen LogP contribution in [-0.4, -0.2) is 5.91 Å². The van der Waals surface area contributed by atoms with E-state index < -0.39 is 0 Å². The highest BCUT2D eigenvalue weighted by Gasteiger charge is 2.03. The van der Waals surface area contributed by atoms with Crippen molar-refractivity contribution in [2.24, 2.45) is 0 Å². The molecule has 0 aliphatic rings. The molecule has 0 aliphatic heterocycles. The summed E-state index contributed by atoms with van der Waals surface area (Å²) in [5.41, 5.74) is 3.79. The summed E-state index contributed by atoms with van der Waals surface area (Å²) >= 11 is 0. The van der Waals surface area contributed by atoms with Gasteiger partial charge in [0.1, 0.15) is 6.61 Å². The molecule has 0 bridgehead atoms. The molecule has 82 valence electrons. The van der Waals surface area contributed by atoms with E-state index >= 15 is 0 Å². The molecule has 0 fully saturated rings. The number of amides is 1. The van der Waals surface area contributed by atoms with E-state index in [1.807, 2.05) is 6.07 Å². The molecular formula is C12H11NO3. The molecule has 0 saturated carbocycles. The summed E-state index contributed by atoms with van der Waals surface area (Å²) in [5.74, 6) is -0.260. The van der Waals surface area contributed by atoms with Crippen LogP contribution in [0.25, 0.3) is 0 Å². The molecule has 1 aromatic heterocycles. The average Bonchev–Trinajstić information content (AvgIpc) is 2.83. The zero-order valence-electron chi connectivity index (χ0n) is 8.55. The summed E-state index contributed by atoms with van der Waals surface area (Å²) in [6.45, 7) is 0.287. The van der Waals surface area contributed by atoms with Gasteiger partial charge in [-0.25, -0.2) is 5.48 Å². The Hall–Kier alpha value is -2.07. The van der Waals surface area contributed by atoms with Crippen LogP contribution in [0.5, 0.6) is 0 Å². The van der Waals surface area contributed by atoms with Gasteiger partial charge in [-0.3, -0.25) is 9.63 Å². The lowest BCUT2D eigenvalue weighted by Crippen LogP contribution is -2.23. The minimum Gasteiger partial charge on any atom is -0.472 e. The zero-order chi connectivity index (χ0) is 11.2. The first-order chi connectivity index (χ1) is 7.86. The van der Waals surface area contributed by atoms with Gasteiger partial charge in [-0.05, 0) is 18.2 Å². The molecule has 0 unspecified atom stereocenters. The highest BCUT2D eigenvalue weighted by atomic mass is 16.6. The maximum atomic E-state index is 11.5. The molecular weight excluding hydrogens is 206 g/mol. The largest absolute Gasteiger partial charge is 0.472 e. The van der Waals surface area contributed by atoms with Crippen LogP contribution in [0.3, 0.4) is 0 Å². The summed E-state index contributed by atoms with van der Waals surface area (Å²) in [4.78, 5) is 16.5. The Morgan fingerprint density at radius 1 is 1.25 bits per heavy atom. The van der Waals surface area contributed by atoms with Gasteiger partial charge in [-0.15, -0.1) is 0 Å². The molecule has 2 aromatic rings. The van der Waals surface area contributed by atoms with E-state index in [0.717, 1.165) is 5.56 Å². The van der Waals surface area contributed by atoms with Gasteiger partial charge in [0.25, 0.3) is 5.91 Å². The number of carbonyl (C=O) groups excluding carboxylic acids is 1. The third-order valence-corrected chi connectivity index (χ3v) is 2.02. The standard InChI is InChI=1S/C12H11NO3/c14-12(11-4-2-1-3-5-11)13-16-9-10-6-7-15-8-10/h1-8H,9H2,(H,13,14). The average molecular weight is 217 g/mol. The Bertz CT molecular complexity index is 437. The predicted molar refractivity (Wildman–Crippen MR) is 57.4 cm³/mol. The minimum atomic E-state index is -0.260. The number of furan rings is 1. The molecule has 0 saturated heterocycles. The molecule has 0 aliphatic carbocycles. The number of rotatable bonds is 4. The first-order valence-corrected chi connectivity index (χ1v) is 4.84. The lowest BCUT2D eigenvalue weighted by atomic mass is 10.2. The summed E-state index contributed by atoms with van der Waals surface area (Å²) in [7, 11) is 0. The van der Waals surface area contributed by atoms with Gasteiger partial charge in [0.2, 0.25) is 0 Å². The molecule has 0 atom stereocenters. The SMILES string of the molecule is O=C(NOCc1ccoc1)c1ccccc1. The van der Waals surface area contributed by atoms with Crippen LogP contribution >= 0.6 is 0 Å². The van der Waals surface area contributed by atoms with Crippen molar-refractivity contribution < 1.29 is 14.0 Å². The lowest BCUT2D eigenvalue weighted by molar-refractivity contribution is 0.0232. The summed E-state index contributed by atoms with van der Waals surface area (Å²) in [6, 6.07) is 10.7. The molecule has 2 rings (SSSR count). The second kappa shape index (κ2) is 5.14. The Kier molecular flexibility index (Phi) is 3.35. The fourth-order valence-corrected chi connectivity index (χ4v) is 1.21. The Morgan fingerprint density at radius 2 is 2.06 bits per heavy atom. The number of carbonyl (C=O) groups is 1. The van der Waals surface area contributed by atoms with Gasteiger partial charge in [-0.2, -0.15) is 0 Å². The van der Waals surface area contributed by atoms with E-state index in [0.29, 0.717) is 5.56 Å². The number of hydrogen-bond acceptors (Lipinski definition) is 3. The van der Waals surface area contributed by atoms with Crippen molar-refractivity contribution >= 4 is 5.91 Å². The molecule has 1 heterocycles. The topological polar surface area (TPSA) is 51.5 Å². The third kappa shape index (κ3) is 2.71. The van der Waals surface area contributed by atoms with Gasteiger partial charge in [0.05, 0.1) is 12.5 Å². The highest BCUT2D eigenvalue weighted by molar-refractivity contribution is 5.93. The van der Waals surface area contributed by atoms with Gasteiger partial charge >= 0.3 is 0 Å². The van der Waals surface area contributed by atoms with Crippen LogP contribution < -0.4 is 5.48 Å². The van der Waals surface area contributed by atoms with Crippen molar-refractivity contribution in [3.8, 4) is 0 Å². The van der Waals surface area contributed by atoms with E-state index in [9.17, 15) is 4.79 Å². The van der Waals surface area contributed by atoms with Crippen molar-refractivity contribution in [2.45, 2.75) is 6.61 Å². The maximum absolute atomic E-state index is 11.5. The molecule has 0 spiro atoms. The van der Waals surface area contributed by atoms with Gasteiger partial charge in [-0.1, -0.05) is 18.2 Å². The van der Waals surface area contributed by atoms with E-state index in [-0.39, 0.29) is 12.5 Å². The van der Waals surface area contributed by atoms with Crippen LogP contribution in [0.15, 0.2) is 53.3 Å². The first-order valence-electron chi connectivity index (χ1n) is 4.84. The predicted octanol–water partition coefficient (Wildman–Crippen LogP) is 2.14. The Labute approximate surface area is 92.8 Å². The number of nitrogens with one attached hydrogen (secondary N) is 1. The number of hydrogen-bond donors (Lipinski definition) is 1. The smallest absolute Gasteiger partial charge is 0.274 e. The lowest BCUT2D eigenvalue weighted by Gasteiger charge is -2.04. The highest BCUT2D eigenvalue weighted by Crippen LogP contribution is 2.01. The van der Waals surface area contributed by atoms with Crippen molar-refractivity contribution in [2.75, 3.05) is 0 Å². The fourth-order valence-electron chi connectivity index (χ4n) is 1.21. The summed E-state index contributed by atoms with van der Waals surface area (Å²) in [5, 5.41) is 0. The quantitative estimate of drug-likeness (QED) is 0.798. The zero-order valence-corrected chi connectivity index (χ0v) is 8.55. The number of hydroxylamine groups is 1. The van der Waals surface area contributed by atoms with Crippen molar-refractivity contribution in [1.82, 2.24) is 5.48 Å². The van der Waals surface area contributed by atoms with Crippen LogP contribution in [-0.2, 0) is 11.4 Å². The van der Waals surface area contributed by atoms with Crippen molar-refractivity contribution in [3.63, 3.8) is 0 Å². The van der Waals surface area contributed by atoms with Crippen LogP contribution in [0.1, 0.15) is 15.9 Å². The van der Waals surface area contributed by atoms with E-state index in [2.05, 4.69) is 5.48 Å². The monoisotopic (exact) mass is 217 g/mol. The first kappa shape index (κ1) is 10.4. The summed E-state index contributed by atoms with van der Waals surface area (Å²) in [6.07, 6.45) is 3.12. The number of benzene rings is 1. The molecule has 0 radical (unpaired) electrons. The van der Waals surface area contributed by atoms with Crippen molar-refractivity contribution in [3.05, 3.63) is 60.1 Å². The molecule has 4 heteroatoms. The van der Waals surface area contributed by atoms with Crippen LogP contribution in [0, 0.1) is 0 Å². The molecule has 4 nitrogen and oxygen atoms in total. The summed E-state index contributed by atoms with van der Waals surface area (Å²) < 4.78 is 4.86. The van der Waals surface area contributed by atoms with Crippen LogP contribution in [0.4, 0.5) is 0 Å². The van der Waals surface area contributed by atoms with Crippen molar-refractivity contribution in [1.29, 1.82) is 0 Å². The maximum Gasteiger partial charge on any atom is 0.274 e. The van der Waals surface area contributed by atoms with Gasteiger partial charge in [0.15, 0.2) is 0 Å². The second-order valence-corrected chi connectivity index (χ2v) is 3.22. The van der Waals surface area contributed by atoms with E-state index in [4.69, 9.17) is 9.25 Å². The normalized spacial score (nSPS) is 10.0. The minimum absolute atomic E-state index is 0.260. The van der Waals surface area contributed by atoms with Crippen LogP contribution in [0.2, 0.25) is 0 Å². The van der Waals surface area contributed by atoms with Gasteiger partial charge < -0.3 is 4.42 Å². The Balaban J connectivity index is 1.81. The molecule has 1 N–H and O–H groups in total. The molecule has 16 heavy (non-hydrogen) atoms. The third-order valence-electron chi connectivity index (χ3n) is 2.02.